The molecule has 0 aliphatic heterocycles. The van der Waals surface area contributed by atoms with Crippen LogP contribution < -0.4 is 5.73 Å². The van der Waals surface area contributed by atoms with Crippen LogP contribution in [0.1, 0.15) is 64.2 Å². The zero-order valence-electron chi connectivity index (χ0n) is 9.38. The van der Waals surface area contributed by atoms with E-state index < -0.39 is 0 Å². The summed E-state index contributed by atoms with van der Waals surface area (Å²) in [4.78, 5) is 0. The fourth-order valence-corrected chi connectivity index (χ4v) is 3.39. The minimum absolute atomic E-state index is 0.526. The summed E-state index contributed by atoms with van der Waals surface area (Å²) in [6.45, 7) is 0. The zero-order chi connectivity index (χ0) is 9.80. The van der Waals surface area contributed by atoms with E-state index in [0.29, 0.717) is 6.04 Å². The lowest BCUT2D eigenvalue weighted by molar-refractivity contribution is 0.270. The van der Waals surface area contributed by atoms with Crippen molar-refractivity contribution in [2.75, 3.05) is 0 Å². The van der Waals surface area contributed by atoms with E-state index in [1.165, 1.54) is 64.2 Å². The van der Waals surface area contributed by atoms with E-state index >= 15 is 0 Å². The third kappa shape index (κ3) is 2.73. The molecule has 2 fully saturated rings. The third-order valence-corrected chi connectivity index (χ3v) is 4.34. The average Bonchev–Trinajstić information content (AvgIpc) is 2.72. The number of hydrogen-bond donors (Lipinski definition) is 1. The fraction of sp³-hybridized carbons (Fsp3) is 1.00. The molecule has 82 valence electrons. The molecule has 0 aromatic rings. The lowest BCUT2D eigenvalue weighted by atomic mass is 9.80. The molecule has 2 N–H and O–H groups in total. The van der Waals surface area contributed by atoms with Crippen molar-refractivity contribution < 1.29 is 0 Å². The lowest BCUT2D eigenvalue weighted by Gasteiger charge is -2.29. The van der Waals surface area contributed by atoms with Gasteiger partial charge >= 0.3 is 0 Å². The van der Waals surface area contributed by atoms with Gasteiger partial charge in [0.05, 0.1) is 0 Å². The van der Waals surface area contributed by atoms with Crippen LogP contribution in [0.3, 0.4) is 0 Å². The smallest absolute Gasteiger partial charge is 0.00697 e. The first-order valence-electron chi connectivity index (χ1n) is 6.62. The molecule has 2 aliphatic rings. The quantitative estimate of drug-likeness (QED) is 0.733. The van der Waals surface area contributed by atoms with E-state index in [9.17, 15) is 0 Å². The van der Waals surface area contributed by atoms with Crippen LogP contribution in [0.2, 0.25) is 0 Å². The molecule has 0 aromatic carbocycles. The van der Waals surface area contributed by atoms with E-state index in [-0.39, 0.29) is 0 Å². The zero-order valence-corrected chi connectivity index (χ0v) is 9.38. The van der Waals surface area contributed by atoms with Crippen molar-refractivity contribution >= 4 is 0 Å². The van der Waals surface area contributed by atoms with Gasteiger partial charge in [-0.1, -0.05) is 44.9 Å². The molecule has 14 heavy (non-hydrogen) atoms. The Hall–Kier alpha value is -0.0400. The first-order chi connectivity index (χ1) is 6.86. The largest absolute Gasteiger partial charge is 0.327 e. The van der Waals surface area contributed by atoms with Crippen molar-refractivity contribution in [2.24, 2.45) is 17.6 Å². The SMILES string of the molecule is NC(CC1CCCC1)C1CCCCC1. The van der Waals surface area contributed by atoms with Gasteiger partial charge in [0.1, 0.15) is 0 Å². The Morgan fingerprint density at radius 2 is 1.43 bits per heavy atom. The van der Waals surface area contributed by atoms with E-state index in [0.717, 1.165) is 11.8 Å². The van der Waals surface area contributed by atoms with E-state index in [1.54, 1.807) is 0 Å². The van der Waals surface area contributed by atoms with Crippen LogP contribution in [0.25, 0.3) is 0 Å². The second-order valence-corrected chi connectivity index (χ2v) is 5.45. The molecule has 1 nitrogen and oxygen atoms in total. The monoisotopic (exact) mass is 195 g/mol. The molecule has 2 saturated carbocycles. The normalized spacial score (nSPS) is 28.1. The van der Waals surface area contributed by atoms with Crippen molar-refractivity contribution in [3.05, 3.63) is 0 Å². The molecular formula is C13H25N. The molecule has 1 heteroatoms. The van der Waals surface area contributed by atoms with Gasteiger partial charge in [-0.3, -0.25) is 0 Å². The summed E-state index contributed by atoms with van der Waals surface area (Å²) >= 11 is 0. The number of nitrogens with two attached hydrogens (primary N) is 1. The maximum atomic E-state index is 6.33. The van der Waals surface area contributed by atoms with Gasteiger partial charge in [0.2, 0.25) is 0 Å². The molecule has 2 aliphatic carbocycles. The number of hydrogen-bond acceptors (Lipinski definition) is 1. The summed E-state index contributed by atoms with van der Waals surface area (Å²) in [6, 6.07) is 0.526. The van der Waals surface area contributed by atoms with Gasteiger partial charge in [-0.15, -0.1) is 0 Å². The van der Waals surface area contributed by atoms with Crippen molar-refractivity contribution in [1.82, 2.24) is 0 Å². The summed E-state index contributed by atoms with van der Waals surface area (Å²) < 4.78 is 0. The first kappa shape index (κ1) is 10.5. The Labute approximate surface area is 88.4 Å². The predicted molar refractivity (Wildman–Crippen MR) is 61.1 cm³/mol. The van der Waals surface area contributed by atoms with E-state index in [2.05, 4.69) is 0 Å². The highest BCUT2D eigenvalue weighted by Gasteiger charge is 2.24. The fourth-order valence-electron chi connectivity index (χ4n) is 3.39. The lowest BCUT2D eigenvalue weighted by Crippen LogP contribution is -2.33. The molecule has 0 bridgehead atoms. The van der Waals surface area contributed by atoms with Crippen molar-refractivity contribution in [2.45, 2.75) is 70.3 Å². The van der Waals surface area contributed by atoms with Gasteiger partial charge in [-0.25, -0.2) is 0 Å². The first-order valence-corrected chi connectivity index (χ1v) is 6.62. The van der Waals surface area contributed by atoms with Crippen LogP contribution >= 0.6 is 0 Å². The van der Waals surface area contributed by atoms with Gasteiger partial charge in [0.25, 0.3) is 0 Å². The Morgan fingerprint density at radius 1 is 0.857 bits per heavy atom. The third-order valence-electron chi connectivity index (χ3n) is 4.34. The van der Waals surface area contributed by atoms with Crippen LogP contribution in [0, 0.1) is 11.8 Å². The summed E-state index contributed by atoms with van der Waals surface area (Å²) in [5.41, 5.74) is 6.33. The highest BCUT2D eigenvalue weighted by atomic mass is 14.7. The van der Waals surface area contributed by atoms with Crippen molar-refractivity contribution in [1.29, 1.82) is 0 Å². The van der Waals surface area contributed by atoms with Gasteiger partial charge in [-0.05, 0) is 31.1 Å². The van der Waals surface area contributed by atoms with Gasteiger partial charge in [0.15, 0.2) is 0 Å². The standard InChI is InChI=1S/C13H25N/c14-13(10-11-6-4-5-7-11)12-8-2-1-3-9-12/h11-13H,1-10,14H2. The molecule has 1 unspecified atom stereocenters. The topological polar surface area (TPSA) is 26.0 Å². The van der Waals surface area contributed by atoms with E-state index in [4.69, 9.17) is 5.73 Å². The highest BCUT2D eigenvalue weighted by molar-refractivity contribution is 4.80. The van der Waals surface area contributed by atoms with Crippen LogP contribution in [0.5, 0.6) is 0 Å². The Bertz CT molecular complexity index is 155. The molecule has 0 aromatic heterocycles. The van der Waals surface area contributed by atoms with Gasteiger partial charge < -0.3 is 5.73 Å². The summed E-state index contributed by atoms with van der Waals surface area (Å²) in [7, 11) is 0. The minimum Gasteiger partial charge on any atom is -0.327 e. The Balaban J connectivity index is 1.72. The molecule has 0 spiro atoms. The minimum atomic E-state index is 0.526. The molecule has 0 heterocycles. The maximum Gasteiger partial charge on any atom is 0.00697 e. The second kappa shape index (κ2) is 5.16. The molecule has 0 amide bonds. The van der Waals surface area contributed by atoms with E-state index in [1.807, 2.05) is 0 Å². The molecule has 0 saturated heterocycles. The number of rotatable bonds is 3. The van der Waals surface area contributed by atoms with Crippen LogP contribution in [0.15, 0.2) is 0 Å². The summed E-state index contributed by atoms with van der Waals surface area (Å²) in [5, 5.41) is 0. The highest BCUT2D eigenvalue weighted by Crippen LogP contribution is 2.33. The van der Waals surface area contributed by atoms with Crippen molar-refractivity contribution in [3.8, 4) is 0 Å². The Morgan fingerprint density at radius 3 is 2.07 bits per heavy atom. The van der Waals surface area contributed by atoms with Crippen LogP contribution in [-0.2, 0) is 0 Å². The van der Waals surface area contributed by atoms with Crippen LogP contribution in [-0.4, -0.2) is 6.04 Å². The van der Waals surface area contributed by atoms with Gasteiger partial charge in [0, 0.05) is 6.04 Å². The van der Waals surface area contributed by atoms with Crippen molar-refractivity contribution in [3.63, 3.8) is 0 Å². The van der Waals surface area contributed by atoms with Gasteiger partial charge in [-0.2, -0.15) is 0 Å². The average molecular weight is 195 g/mol. The summed E-state index contributed by atoms with van der Waals surface area (Å²) in [6.07, 6.45) is 14.3. The Kier molecular flexibility index (Phi) is 3.86. The molecule has 2 rings (SSSR count). The second-order valence-electron chi connectivity index (χ2n) is 5.45. The predicted octanol–water partition coefficient (Wildman–Crippen LogP) is 3.47. The summed E-state index contributed by atoms with van der Waals surface area (Å²) in [5.74, 6) is 1.84. The van der Waals surface area contributed by atoms with Crippen LogP contribution in [0.4, 0.5) is 0 Å². The molecular weight excluding hydrogens is 170 g/mol. The molecule has 1 atom stereocenters. The maximum absolute atomic E-state index is 6.33. The molecule has 0 radical (unpaired) electrons.